The van der Waals surface area contributed by atoms with Gasteiger partial charge in [0, 0.05) is 14.5 Å². The predicted octanol–water partition coefficient (Wildman–Crippen LogP) is 4.39. The van der Waals surface area contributed by atoms with E-state index in [1.54, 1.807) is 19.2 Å². The molecule has 2 aromatic carbocycles. The van der Waals surface area contributed by atoms with E-state index in [1.165, 1.54) is 0 Å². The van der Waals surface area contributed by atoms with Gasteiger partial charge < -0.3 is 9.15 Å². The highest BCUT2D eigenvalue weighted by molar-refractivity contribution is 9.11. The molecule has 0 fully saturated rings. The van der Waals surface area contributed by atoms with Crippen LogP contribution in [0, 0.1) is 0 Å². The molecule has 0 saturated carbocycles. The summed E-state index contributed by atoms with van der Waals surface area (Å²) in [6.45, 7) is 0. The smallest absolute Gasteiger partial charge is 0.347 e. The van der Waals surface area contributed by atoms with Crippen LogP contribution in [0.3, 0.4) is 0 Å². The van der Waals surface area contributed by atoms with Gasteiger partial charge >= 0.3 is 5.63 Å². The second kappa shape index (κ2) is 5.61. The summed E-state index contributed by atoms with van der Waals surface area (Å²) in [5.41, 5.74) is 0.815. The maximum atomic E-state index is 12.2. The molecule has 0 aliphatic carbocycles. The van der Waals surface area contributed by atoms with Crippen molar-refractivity contribution in [3.05, 3.63) is 55.8 Å². The molecular weight excluding hydrogens is 402 g/mol. The van der Waals surface area contributed by atoms with Crippen molar-refractivity contribution in [3.8, 4) is 17.2 Å². The van der Waals surface area contributed by atoms with Gasteiger partial charge in [-0.05, 0) is 46.3 Å². The van der Waals surface area contributed by atoms with Crippen LogP contribution in [-0.4, -0.2) is 12.1 Å². The van der Waals surface area contributed by atoms with Crippen LogP contribution in [-0.2, 0) is 0 Å². The maximum absolute atomic E-state index is 12.2. The summed E-state index contributed by atoms with van der Waals surface area (Å²) in [7, 11) is 1.58. The van der Waals surface area contributed by atoms with Crippen LogP contribution >= 0.6 is 31.9 Å². The highest BCUT2D eigenvalue weighted by Gasteiger charge is 2.12. The lowest BCUT2D eigenvalue weighted by molar-refractivity contribution is 0.414. The molecule has 0 unspecified atom stereocenters. The quantitative estimate of drug-likeness (QED) is 0.628. The SMILES string of the molecule is COc1cccc(-c2nc3c(Br)cc(Br)cc3c(=O)o2)c1. The third-order valence-corrected chi connectivity index (χ3v) is 4.03. The van der Waals surface area contributed by atoms with Crippen molar-refractivity contribution in [1.82, 2.24) is 4.98 Å². The van der Waals surface area contributed by atoms with E-state index in [-0.39, 0.29) is 5.89 Å². The Morgan fingerprint density at radius 1 is 1.19 bits per heavy atom. The van der Waals surface area contributed by atoms with Crippen LogP contribution in [0.4, 0.5) is 0 Å². The molecule has 0 bridgehead atoms. The standard InChI is InChI=1S/C15H9Br2NO3/c1-20-10-4-2-3-8(5-10)14-18-13-11(15(19)21-14)6-9(16)7-12(13)17/h2-7H,1H3. The van der Waals surface area contributed by atoms with E-state index in [2.05, 4.69) is 36.8 Å². The highest BCUT2D eigenvalue weighted by Crippen LogP contribution is 2.28. The number of hydrogen-bond acceptors (Lipinski definition) is 4. The largest absolute Gasteiger partial charge is 0.497 e. The zero-order chi connectivity index (χ0) is 15.0. The summed E-state index contributed by atoms with van der Waals surface area (Å²) in [5.74, 6) is 0.932. The Morgan fingerprint density at radius 2 is 2.00 bits per heavy atom. The Hall–Kier alpha value is -1.66. The zero-order valence-corrected chi connectivity index (χ0v) is 14.1. The second-order valence-corrected chi connectivity index (χ2v) is 6.09. The maximum Gasteiger partial charge on any atom is 0.347 e. The molecule has 0 aliphatic rings. The van der Waals surface area contributed by atoms with Gasteiger partial charge in [-0.3, -0.25) is 0 Å². The minimum absolute atomic E-state index is 0.259. The van der Waals surface area contributed by atoms with Crippen LogP contribution in [0.2, 0.25) is 0 Å². The molecule has 106 valence electrons. The fourth-order valence-electron chi connectivity index (χ4n) is 1.98. The third kappa shape index (κ3) is 2.73. The number of hydrogen-bond donors (Lipinski definition) is 0. The molecule has 0 radical (unpaired) electrons. The van der Waals surface area contributed by atoms with Crippen molar-refractivity contribution in [1.29, 1.82) is 0 Å². The van der Waals surface area contributed by atoms with E-state index in [4.69, 9.17) is 9.15 Å². The Kier molecular flexibility index (Phi) is 3.82. The van der Waals surface area contributed by atoms with Crippen LogP contribution in [0.15, 0.2) is 54.6 Å². The van der Waals surface area contributed by atoms with Gasteiger partial charge in [0.15, 0.2) is 0 Å². The molecule has 0 saturated heterocycles. The average Bonchev–Trinajstić information content (AvgIpc) is 2.48. The first-order chi connectivity index (χ1) is 10.1. The lowest BCUT2D eigenvalue weighted by atomic mass is 10.2. The van der Waals surface area contributed by atoms with Crippen molar-refractivity contribution >= 4 is 42.8 Å². The second-order valence-electron chi connectivity index (χ2n) is 4.32. The van der Waals surface area contributed by atoms with E-state index in [1.807, 2.05) is 24.3 Å². The Morgan fingerprint density at radius 3 is 2.76 bits per heavy atom. The number of benzene rings is 2. The van der Waals surface area contributed by atoms with E-state index < -0.39 is 5.63 Å². The number of fused-ring (bicyclic) bond motifs is 1. The normalized spacial score (nSPS) is 10.8. The Bertz CT molecular complexity index is 890. The summed E-state index contributed by atoms with van der Waals surface area (Å²) in [6, 6.07) is 10.7. The van der Waals surface area contributed by atoms with Crippen molar-refractivity contribution in [2.24, 2.45) is 0 Å². The van der Waals surface area contributed by atoms with Gasteiger partial charge in [-0.2, -0.15) is 0 Å². The lowest BCUT2D eigenvalue weighted by Gasteiger charge is -2.05. The number of halogens is 2. The number of nitrogens with zero attached hydrogens (tertiary/aromatic N) is 1. The monoisotopic (exact) mass is 409 g/mol. The first kappa shape index (κ1) is 14.3. The molecular formula is C15H9Br2NO3. The van der Waals surface area contributed by atoms with E-state index >= 15 is 0 Å². The molecule has 1 aromatic heterocycles. The first-order valence-corrected chi connectivity index (χ1v) is 7.61. The fourth-order valence-corrected chi connectivity index (χ4v) is 3.30. The molecule has 3 rings (SSSR count). The topological polar surface area (TPSA) is 52.3 Å². The predicted molar refractivity (Wildman–Crippen MR) is 87.7 cm³/mol. The molecule has 0 N–H and O–H groups in total. The van der Waals surface area contributed by atoms with Crippen molar-refractivity contribution < 1.29 is 9.15 Å². The zero-order valence-electron chi connectivity index (χ0n) is 10.9. The summed E-state index contributed by atoms with van der Waals surface area (Å²) in [6.07, 6.45) is 0. The van der Waals surface area contributed by atoms with E-state index in [9.17, 15) is 4.79 Å². The van der Waals surface area contributed by atoms with Crippen LogP contribution < -0.4 is 10.4 Å². The first-order valence-electron chi connectivity index (χ1n) is 6.03. The van der Waals surface area contributed by atoms with E-state index in [0.717, 1.165) is 8.95 Å². The highest BCUT2D eigenvalue weighted by atomic mass is 79.9. The molecule has 6 heteroatoms. The summed E-state index contributed by atoms with van der Waals surface area (Å²) >= 11 is 6.76. The van der Waals surface area contributed by atoms with Crippen LogP contribution in [0.1, 0.15) is 0 Å². The molecule has 3 aromatic rings. The van der Waals surface area contributed by atoms with Gasteiger partial charge in [0.1, 0.15) is 5.75 Å². The minimum Gasteiger partial charge on any atom is -0.497 e. The number of methoxy groups -OCH3 is 1. The molecule has 0 atom stereocenters. The molecule has 0 amide bonds. The van der Waals surface area contributed by atoms with Gasteiger partial charge in [-0.25, -0.2) is 9.78 Å². The van der Waals surface area contributed by atoms with Crippen LogP contribution in [0.5, 0.6) is 5.75 Å². The number of rotatable bonds is 2. The summed E-state index contributed by atoms with van der Waals surface area (Å²) in [4.78, 5) is 16.6. The van der Waals surface area contributed by atoms with Crippen molar-refractivity contribution in [2.45, 2.75) is 0 Å². The Labute approximate surface area is 137 Å². The van der Waals surface area contributed by atoms with Crippen LogP contribution in [0.25, 0.3) is 22.4 Å². The average molecular weight is 411 g/mol. The fraction of sp³-hybridized carbons (Fsp3) is 0.0667. The molecule has 21 heavy (non-hydrogen) atoms. The van der Waals surface area contributed by atoms with E-state index in [0.29, 0.717) is 22.2 Å². The van der Waals surface area contributed by atoms with Crippen molar-refractivity contribution in [2.75, 3.05) is 7.11 Å². The van der Waals surface area contributed by atoms with Gasteiger partial charge in [0.05, 0.1) is 18.0 Å². The lowest BCUT2D eigenvalue weighted by Crippen LogP contribution is -2.03. The third-order valence-electron chi connectivity index (χ3n) is 2.97. The van der Waals surface area contributed by atoms with Gasteiger partial charge in [-0.1, -0.05) is 22.0 Å². The summed E-state index contributed by atoms with van der Waals surface area (Å²) < 4.78 is 12.0. The summed E-state index contributed by atoms with van der Waals surface area (Å²) in [5, 5.41) is 0.419. The number of aromatic nitrogens is 1. The van der Waals surface area contributed by atoms with Gasteiger partial charge in [0.2, 0.25) is 5.89 Å². The minimum atomic E-state index is -0.431. The Balaban J connectivity index is 2.27. The van der Waals surface area contributed by atoms with Crippen molar-refractivity contribution in [3.63, 3.8) is 0 Å². The molecule has 1 heterocycles. The molecule has 4 nitrogen and oxygen atoms in total. The number of ether oxygens (including phenoxy) is 1. The van der Waals surface area contributed by atoms with Gasteiger partial charge in [0.25, 0.3) is 0 Å². The van der Waals surface area contributed by atoms with Gasteiger partial charge in [-0.15, -0.1) is 0 Å². The molecule has 0 spiro atoms. The molecule has 0 aliphatic heterocycles.